The molecule has 3 rings (SSSR count). The average Bonchev–Trinajstić information content (AvgIpc) is 3.09. The molecule has 1 amide bonds. The van der Waals surface area contributed by atoms with E-state index in [1.807, 2.05) is 19.1 Å². The van der Waals surface area contributed by atoms with Crippen LogP contribution in [-0.2, 0) is 0 Å². The molecule has 1 unspecified atom stereocenters. The van der Waals surface area contributed by atoms with Crippen molar-refractivity contribution in [2.45, 2.75) is 25.8 Å². The third kappa shape index (κ3) is 2.70. The van der Waals surface area contributed by atoms with E-state index in [1.165, 1.54) is 0 Å². The third-order valence-electron chi connectivity index (χ3n) is 3.33. The number of anilines is 1. The summed E-state index contributed by atoms with van der Waals surface area (Å²) >= 11 is 0. The lowest BCUT2D eigenvalue weighted by Gasteiger charge is -2.03. The van der Waals surface area contributed by atoms with Gasteiger partial charge >= 0.3 is 6.01 Å². The van der Waals surface area contributed by atoms with E-state index >= 15 is 0 Å². The number of aryl methyl sites for hydroxylation is 1. The summed E-state index contributed by atoms with van der Waals surface area (Å²) in [4.78, 5) is 12.0. The molecule has 1 saturated heterocycles. The van der Waals surface area contributed by atoms with Gasteiger partial charge in [0.1, 0.15) is 0 Å². The molecule has 6 heteroatoms. The lowest BCUT2D eigenvalue weighted by molar-refractivity contribution is 0.102. The predicted molar refractivity (Wildman–Crippen MR) is 73.4 cm³/mol. The van der Waals surface area contributed by atoms with Crippen molar-refractivity contribution in [3.8, 4) is 0 Å². The van der Waals surface area contributed by atoms with Crippen molar-refractivity contribution >= 4 is 11.9 Å². The fraction of sp³-hybridized carbons (Fsp3) is 0.357. The highest BCUT2D eigenvalue weighted by Gasteiger charge is 2.22. The molecule has 20 heavy (non-hydrogen) atoms. The minimum absolute atomic E-state index is 0.104. The van der Waals surface area contributed by atoms with Crippen LogP contribution in [-0.4, -0.2) is 22.6 Å². The summed E-state index contributed by atoms with van der Waals surface area (Å²) in [5.41, 5.74) is 1.67. The largest absolute Gasteiger partial charge is 0.406 e. The molecule has 0 saturated carbocycles. The fourth-order valence-electron chi connectivity index (χ4n) is 2.20. The number of hydrogen-bond acceptors (Lipinski definition) is 5. The maximum Gasteiger partial charge on any atom is 0.322 e. The maximum atomic E-state index is 12.0. The number of rotatable bonds is 3. The van der Waals surface area contributed by atoms with E-state index < -0.39 is 0 Å². The number of nitrogens with zero attached hydrogens (tertiary/aromatic N) is 2. The number of aromatic nitrogens is 2. The van der Waals surface area contributed by atoms with Crippen molar-refractivity contribution in [1.82, 2.24) is 15.5 Å². The molecular formula is C14H16N4O2. The number of carbonyl (C=O) groups is 1. The summed E-state index contributed by atoms with van der Waals surface area (Å²) in [7, 11) is 0. The molecule has 0 radical (unpaired) electrons. The highest BCUT2D eigenvalue weighted by atomic mass is 16.4. The first-order chi connectivity index (χ1) is 9.72. The summed E-state index contributed by atoms with van der Waals surface area (Å²) in [6, 6.07) is 7.54. The Morgan fingerprint density at radius 3 is 2.85 bits per heavy atom. The highest BCUT2D eigenvalue weighted by molar-refractivity contribution is 6.03. The van der Waals surface area contributed by atoms with Crippen LogP contribution in [0.15, 0.2) is 28.7 Å². The van der Waals surface area contributed by atoms with E-state index in [1.54, 1.807) is 12.1 Å². The molecule has 1 aliphatic heterocycles. The van der Waals surface area contributed by atoms with Gasteiger partial charge < -0.3 is 9.73 Å². The van der Waals surface area contributed by atoms with Crippen LogP contribution in [0.5, 0.6) is 0 Å². The molecule has 0 spiro atoms. The van der Waals surface area contributed by atoms with Gasteiger partial charge in [0.15, 0.2) is 0 Å². The Morgan fingerprint density at radius 1 is 1.35 bits per heavy atom. The van der Waals surface area contributed by atoms with Crippen molar-refractivity contribution < 1.29 is 9.21 Å². The third-order valence-corrected chi connectivity index (χ3v) is 3.33. The topological polar surface area (TPSA) is 80.0 Å². The van der Waals surface area contributed by atoms with Crippen molar-refractivity contribution in [2.24, 2.45) is 0 Å². The Hall–Kier alpha value is -2.21. The normalized spacial score (nSPS) is 18.1. The van der Waals surface area contributed by atoms with E-state index in [0.29, 0.717) is 11.5 Å². The molecule has 6 nitrogen and oxygen atoms in total. The molecule has 1 fully saturated rings. The molecule has 1 atom stereocenters. The van der Waals surface area contributed by atoms with E-state index in [-0.39, 0.29) is 18.0 Å². The Balaban J connectivity index is 1.68. The van der Waals surface area contributed by atoms with Crippen LogP contribution in [0, 0.1) is 6.92 Å². The number of carbonyl (C=O) groups excluding carboxylic acids is 1. The second-order valence-corrected chi connectivity index (χ2v) is 4.91. The standard InChI is InChI=1S/C14H16N4O2/c1-9-4-6-10(7-5-9)12(19)16-14-18-17-13(20-14)11-3-2-8-15-11/h4-7,11,15H,2-3,8H2,1H3,(H,16,18,19). The summed E-state index contributed by atoms with van der Waals surface area (Å²) in [5, 5.41) is 13.7. The molecule has 1 aliphatic rings. The first-order valence-corrected chi connectivity index (χ1v) is 6.67. The zero-order valence-electron chi connectivity index (χ0n) is 11.2. The van der Waals surface area contributed by atoms with Crippen molar-refractivity contribution in [3.05, 3.63) is 41.3 Å². The zero-order chi connectivity index (χ0) is 13.9. The van der Waals surface area contributed by atoms with Crippen LogP contribution >= 0.6 is 0 Å². The first-order valence-electron chi connectivity index (χ1n) is 6.67. The van der Waals surface area contributed by atoms with Gasteiger partial charge in [0, 0.05) is 5.56 Å². The number of amides is 1. The summed E-state index contributed by atoms with van der Waals surface area (Å²) in [6.07, 6.45) is 2.08. The van der Waals surface area contributed by atoms with Crippen LogP contribution in [0.3, 0.4) is 0 Å². The zero-order valence-corrected chi connectivity index (χ0v) is 11.2. The van der Waals surface area contributed by atoms with Gasteiger partial charge in [-0.2, -0.15) is 0 Å². The number of hydrogen-bond donors (Lipinski definition) is 2. The van der Waals surface area contributed by atoms with E-state index in [9.17, 15) is 4.79 Å². The van der Waals surface area contributed by atoms with E-state index in [0.717, 1.165) is 24.9 Å². The quantitative estimate of drug-likeness (QED) is 0.894. The molecule has 2 heterocycles. The minimum atomic E-state index is -0.250. The molecule has 2 aromatic rings. The van der Waals surface area contributed by atoms with Gasteiger partial charge in [0.25, 0.3) is 5.91 Å². The van der Waals surface area contributed by atoms with Crippen molar-refractivity contribution in [2.75, 3.05) is 11.9 Å². The minimum Gasteiger partial charge on any atom is -0.406 e. The summed E-state index contributed by atoms with van der Waals surface area (Å²) in [6.45, 7) is 2.93. The van der Waals surface area contributed by atoms with Gasteiger partial charge in [-0.15, -0.1) is 5.10 Å². The predicted octanol–water partition coefficient (Wildman–Crippen LogP) is 2.05. The molecule has 1 aromatic carbocycles. The lowest BCUT2D eigenvalue weighted by Crippen LogP contribution is -2.13. The average molecular weight is 272 g/mol. The van der Waals surface area contributed by atoms with Crippen molar-refractivity contribution in [3.63, 3.8) is 0 Å². The van der Waals surface area contributed by atoms with Gasteiger partial charge in [-0.1, -0.05) is 22.8 Å². The lowest BCUT2D eigenvalue weighted by atomic mass is 10.1. The van der Waals surface area contributed by atoms with Crippen LogP contribution < -0.4 is 10.6 Å². The molecule has 0 bridgehead atoms. The monoisotopic (exact) mass is 272 g/mol. The van der Waals surface area contributed by atoms with E-state index in [4.69, 9.17) is 4.42 Å². The van der Waals surface area contributed by atoms with Gasteiger partial charge in [0.05, 0.1) is 6.04 Å². The molecule has 2 N–H and O–H groups in total. The SMILES string of the molecule is Cc1ccc(C(=O)Nc2nnc(C3CCCN3)o2)cc1. The molecule has 104 valence electrons. The molecule has 1 aromatic heterocycles. The second kappa shape index (κ2) is 5.42. The Morgan fingerprint density at radius 2 is 2.15 bits per heavy atom. The Labute approximate surface area is 116 Å². The van der Waals surface area contributed by atoms with Crippen molar-refractivity contribution in [1.29, 1.82) is 0 Å². The number of nitrogens with one attached hydrogen (secondary N) is 2. The highest BCUT2D eigenvalue weighted by Crippen LogP contribution is 2.22. The summed E-state index contributed by atoms with van der Waals surface area (Å²) in [5.74, 6) is 0.279. The smallest absolute Gasteiger partial charge is 0.322 e. The van der Waals surface area contributed by atoms with E-state index in [2.05, 4.69) is 20.8 Å². The Bertz CT molecular complexity index is 600. The molecular weight excluding hydrogens is 256 g/mol. The summed E-state index contributed by atoms with van der Waals surface area (Å²) < 4.78 is 5.47. The van der Waals surface area contributed by atoms with Gasteiger partial charge in [-0.05, 0) is 38.4 Å². The van der Waals surface area contributed by atoms with Gasteiger partial charge in [0.2, 0.25) is 5.89 Å². The van der Waals surface area contributed by atoms with Gasteiger partial charge in [-0.3, -0.25) is 10.1 Å². The van der Waals surface area contributed by atoms with Crippen LogP contribution in [0.2, 0.25) is 0 Å². The first kappa shape index (κ1) is 12.8. The van der Waals surface area contributed by atoms with Crippen LogP contribution in [0.1, 0.15) is 40.7 Å². The van der Waals surface area contributed by atoms with Crippen LogP contribution in [0.25, 0.3) is 0 Å². The number of benzene rings is 1. The van der Waals surface area contributed by atoms with Gasteiger partial charge in [-0.25, -0.2) is 0 Å². The maximum absolute atomic E-state index is 12.0. The second-order valence-electron chi connectivity index (χ2n) is 4.91. The van der Waals surface area contributed by atoms with Crippen LogP contribution in [0.4, 0.5) is 6.01 Å². The molecule has 0 aliphatic carbocycles. The fourth-order valence-corrected chi connectivity index (χ4v) is 2.20. The Kier molecular flexibility index (Phi) is 3.47.